The number of aliphatic hydroxyl groups excluding tert-OH is 1. The van der Waals surface area contributed by atoms with Gasteiger partial charge in [0.2, 0.25) is 0 Å². The molecule has 0 spiro atoms. The average molecular weight is 421 g/mol. The van der Waals surface area contributed by atoms with Gasteiger partial charge in [-0.2, -0.15) is 0 Å². The number of amides is 1. The first-order valence-electron chi connectivity index (χ1n) is 10.5. The molecule has 0 radical (unpaired) electrons. The lowest BCUT2D eigenvalue weighted by atomic mass is 9.94. The second kappa shape index (κ2) is 8.55. The summed E-state index contributed by atoms with van der Waals surface area (Å²) in [7, 11) is 1.57. The van der Waals surface area contributed by atoms with Gasteiger partial charge in [-0.05, 0) is 50.1 Å². The van der Waals surface area contributed by atoms with Gasteiger partial charge in [0.15, 0.2) is 17.1 Å². The minimum atomic E-state index is -1.09. The molecule has 1 aromatic heterocycles. The van der Waals surface area contributed by atoms with Crippen molar-refractivity contribution in [2.24, 2.45) is 5.92 Å². The molecule has 1 N–H and O–H groups in total. The van der Waals surface area contributed by atoms with Gasteiger partial charge in [0.25, 0.3) is 5.91 Å². The summed E-state index contributed by atoms with van der Waals surface area (Å²) in [5.41, 5.74) is 0.979. The number of para-hydroxylation sites is 3. The monoisotopic (exact) mass is 420 g/mol. The smallest absolute Gasteiger partial charge is 0.266 e. The van der Waals surface area contributed by atoms with Crippen LogP contribution in [-0.4, -0.2) is 52.8 Å². The Morgan fingerprint density at radius 2 is 1.81 bits per heavy atom. The Bertz CT molecular complexity index is 1080. The molecule has 31 heavy (non-hydrogen) atoms. The number of rotatable bonds is 6. The van der Waals surface area contributed by atoms with Gasteiger partial charge in [-0.15, -0.1) is 0 Å². The third-order valence-corrected chi connectivity index (χ3v) is 5.86. The second-order valence-corrected chi connectivity index (χ2v) is 8.49. The summed E-state index contributed by atoms with van der Waals surface area (Å²) in [5, 5.41) is 11.8. The van der Waals surface area contributed by atoms with Crippen LogP contribution in [0.4, 0.5) is 0 Å². The van der Waals surface area contributed by atoms with E-state index >= 15 is 0 Å². The molecular formula is C25H28N2O4. The molecule has 2 heterocycles. The zero-order valence-corrected chi connectivity index (χ0v) is 18.1. The standard InChI is InChI=1S/C25H28N2O4/c1-25(2,31-23-11-7-6-10-22(23)30-3)24(29)27-15-18(21(28)16-27)14-17-12-13-26-20-9-5-4-8-19(17)20/h4-13,18,21,28H,14-16H2,1-3H3/t18-,21+/m1/s1. The normalized spacial score (nSPS) is 18.9. The second-order valence-electron chi connectivity index (χ2n) is 8.49. The maximum Gasteiger partial charge on any atom is 0.266 e. The molecule has 0 saturated carbocycles. The molecule has 6 heteroatoms. The van der Waals surface area contributed by atoms with Crippen molar-refractivity contribution in [1.29, 1.82) is 0 Å². The number of β-amino-alcohol motifs (C(OH)–C–C–N with tert-alkyl or cyclic N) is 1. The molecule has 4 rings (SSSR count). The predicted molar refractivity (Wildman–Crippen MR) is 119 cm³/mol. The molecule has 162 valence electrons. The van der Waals surface area contributed by atoms with E-state index in [1.807, 2.05) is 42.5 Å². The van der Waals surface area contributed by atoms with E-state index in [9.17, 15) is 9.90 Å². The number of likely N-dealkylation sites (tertiary alicyclic amines) is 1. The lowest BCUT2D eigenvalue weighted by Gasteiger charge is -2.30. The van der Waals surface area contributed by atoms with E-state index in [1.54, 1.807) is 44.2 Å². The largest absolute Gasteiger partial charge is 0.493 e. The number of methoxy groups -OCH3 is 1. The third kappa shape index (κ3) is 4.35. The number of aromatic nitrogens is 1. The van der Waals surface area contributed by atoms with E-state index in [-0.39, 0.29) is 11.8 Å². The number of carbonyl (C=O) groups is 1. The van der Waals surface area contributed by atoms with Gasteiger partial charge in [0.1, 0.15) is 0 Å². The van der Waals surface area contributed by atoms with Gasteiger partial charge in [0.05, 0.1) is 18.7 Å². The lowest BCUT2D eigenvalue weighted by Crippen LogP contribution is -2.48. The molecular weight excluding hydrogens is 392 g/mol. The molecule has 1 fully saturated rings. The van der Waals surface area contributed by atoms with Crippen molar-refractivity contribution in [2.45, 2.75) is 32.0 Å². The number of aliphatic hydroxyl groups is 1. The van der Waals surface area contributed by atoms with Gasteiger partial charge in [-0.1, -0.05) is 30.3 Å². The summed E-state index contributed by atoms with van der Waals surface area (Å²) in [6.07, 6.45) is 1.89. The highest BCUT2D eigenvalue weighted by Crippen LogP contribution is 2.32. The van der Waals surface area contributed by atoms with Crippen LogP contribution in [0.3, 0.4) is 0 Å². The first kappa shape index (κ1) is 21.1. The van der Waals surface area contributed by atoms with E-state index in [0.29, 0.717) is 31.0 Å². The van der Waals surface area contributed by atoms with Crippen LogP contribution in [0.15, 0.2) is 60.8 Å². The molecule has 0 unspecified atom stereocenters. The number of hydrogen-bond acceptors (Lipinski definition) is 5. The number of pyridine rings is 1. The number of nitrogens with zero attached hydrogens (tertiary/aromatic N) is 2. The number of benzene rings is 2. The molecule has 1 aliphatic rings. The number of hydrogen-bond donors (Lipinski definition) is 1. The average Bonchev–Trinajstić information content (AvgIpc) is 3.13. The summed E-state index contributed by atoms with van der Waals surface area (Å²) < 4.78 is 11.4. The van der Waals surface area contributed by atoms with Crippen molar-refractivity contribution in [3.63, 3.8) is 0 Å². The molecule has 2 atom stereocenters. The maximum absolute atomic E-state index is 13.3. The summed E-state index contributed by atoms with van der Waals surface area (Å²) in [6.45, 7) is 4.27. The quantitative estimate of drug-likeness (QED) is 0.661. The molecule has 3 aromatic rings. The van der Waals surface area contributed by atoms with Gasteiger partial charge in [-0.3, -0.25) is 9.78 Å². The van der Waals surface area contributed by atoms with E-state index in [1.165, 1.54) is 0 Å². The van der Waals surface area contributed by atoms with Crippen LogP contribution in [0, 0.1) is 5.92 Å². The van der Waals surface area contributed by atoms with Crippen LogP contribution in [-0.2, 0) is 11.2 Å². The van der Waals surface area contributed by atoms with Crippen LogP contribution >= 0.6 is 0 Å². The minimum Gasteiger partial charge on any atom is -0.493 e. The highest BCUT2D eigenvalue weighted by Gasteiger charge is 2.41. The Balaban J connectivity index is 1.48. The topological polar surface area (TPSA) is 71.9 Å². The Labute approximate surface area is 182 Å². The van der Waals surface area contributed by atoms with Crippen molar-refractivity contribution in [1.82, 2.24) is 9.88 Å². The molecule has 2 aromatic carbocycles. The van der Waals surface area contributed by atoms with E-state index in [2.05, 4.69) is 4.98 Å². The fraction of sp³-hybridized carbons (Fsp3) is 0.360. The van der Waals surface area contributed by atoms with Crippen molar-refractivity contribution in [3.05, 3.63) is 66.4 Å². The van der Waals surface area contributed by atoms with Crippen LogP contribution in [0.1, 0.15) is 19.4 Å². The Hall–Kier alpha value is -3.12. The third-order valence-electron chi connectivity index (χ3n) is 5.86. The Morgan fingerprint density at radius 1 is 1.10 bits per heavy atom. The molecule has 0 bridgehead atoms. The first-order valence-corrected chi connectivity index (χ1v) is 10.5. The molecule has 1 aliphatic heterocycles. The highest BCUT2D eigenvalue weighted by molar-refractivity contribution is 5.85. The van der Waals surface area contributed by atoms with Crippen molar-refractivity contribution in [2.75, 3.05) is 20.2 Å². The highest BCUT2D eigenvalue weighted by atomic mass is 16.5. The summed E-state index contributed by atoms with van der Waals surface area (Å²) in [4.78, 5) is 19.4. The van der Waals surface area contributed by atoms with Crippen molar-refractivity contribution >= 4 is 16.8 Å². The van der Waals surface area contributed by atoms with Crippen molar-refractivity contribution in [3.8, 4) is 11.5 Å². The fourth-order valence-electron chi connectivity index (χ4n) is 4.24. The maximum atomic E-state index is 13.3. The summed E-state index contributed by atoms with van der Waals surface area (Å²) >= 11 is 0. The van der Waals surface area contributed by atoms with Crippen LogP contribution in [0.25, 0.3) is 10.9 Å². The zero-order valence-electron chi connectivity index (χ0n) is 18.1. The molecule has 1 saturated heterocycles. The SMILES string of the molecule is COc1ccccc1OC(C)(C)C(=O)N1C[C@@H](Cc2ccnc3ccccc23)[C@@H](O)C1. The fourth-order valence-corrected chi connectivity index (χ4v) is 4.24. The van der Waals surface area contributed by atoms with Gasteiger partial charge in [-0.25, -0.2) is 0 Å². The predicted octanol–water partition coefficient (Wildman–Crippen LogP) is 3.46. The Morgan fingerprint density at radius 3 is 2.58 bits per heavy atom. The van der Waals surface area contributed by atoms with Crippen LogP contribution in [0.2, 0.25) is 0 Å². The summed E-state index contributed by atoms with van der Waals surface area (Å²) in [5.74, 6) is 0.895. The summed E-state index contributed by atoms with van der Waals surface area (Å²) in [6, 6.07) is 17.3. The van der Waals surface area contributed by atoms with E-state index < -0.39 is 11.7 Å². The van der Waals surface area contributed by atoms with E-state index in [4.69, 9.17) is 9.47 Å². The zero-order chi connectivity index (χ0) is 22.0. The lowest BCUT2D eigenvalue weighted by molar-refractivity contribution is -0.144. The van der Waals surface area contributed by atoms with Crippen molar-refractivity contribution < 1.29 is 19.4 Å². The van der Waals surface area contributed by atoms with Gasteiger partial charge < -0.3 is 19.5 Å². The Kier molecular flexibility index (Phi) is 5.83. The minimum absolute atomic E-state index is 0.0446. The first-order chi connectivity index (χ1) is 14.9. The molecule has 6 nitrogen and oxygen atoms in total. The molecule has 1 amide bonds. The number of ether oxygens (including phenoxy) is 2. The van der Waals surface area contributed by atoms with Crippen LogP contribution in [0.5, 0.6) is 11.5 Å². The van der Waals surface area contributed by atoms with E-state index in [0.717, 1.165) is 16.5 Å². The number of carbonyl (C=O) groups excluding carboxylic acids is 1. The molecule has 0 aliphatic carbocycles. The van der Waals surface area contributed by atoms with Gasteiger partial charge >= 0.3 is 0 Å². The van der Waals surface area contributed by atoms with Crippen LogP contribution < -0.4 is 9.47 Å². The van der Waals surface area contributed by atoms with Gasteiger partial charge in [0, 0.05) is 30.6 Å². The number of fused-ring (bicyclic) bond motifs is 1.